The molecular weight excluding hydrogens is 321 g/mol. The SMILES string of the molecule is CC(c1cc2ccccc2o1)N(C)C(=O)CCOc1ccccc1F. The smallest absolute Gasteiger partial charge is 0.226 e. The first-order valence-corrected chi connectivity index (χ1v) is 8.17. The Labute approximate surface area is 145 Å². The minimum atomic E-state index is -0.432. The number of hydrogen-bond donors (Lipinski definition) is 0. The molecule has 1 atom stereocenters. The number of hydrogen-bond acceptors (Lipinski definition) is 3. The number of carbonyl (C=O) groups excluding carboxylic acids is 1. The summed E-state index contributed by atoms with van der Waals surface area (Å²) in [5, 5.41) is 1.01. The second kappa shape index (κ2) is 7.38. The van der Waals surface area contributed by atoms with Gasteiger partial charge in [0.05, 0.1) is 19.1 Å². The number of rotatable bonds is 6. The molecule has 1 unspecified atom stereocenters. The number of amides is 1. The average molecular weight is 341 g/mol. The molecule has 0 saturated heterocycles. The molecule has 0 bridgehead atoms. The zero-order chi connectivity index (χ0) is 17.8. The predicted molar refractivity (Wildman–Crippen MR) is 93.9 cm³/mol. The molecule has 0 aliphatic rings. The van der Waals surface area contributed by atoms with E-state index < -0.39 is 5.82 Å². The summed E-state index contributed by atoms with van der Waals surface area (Å²) in [5.74, 6) is 0.360. The fourth-order valence-corrected chi connectivity index (χ4v) is 2.60. The van der Waals surface area contributed by atoms with Crippen molar-refractivity contribution in [2.75, 3.05) is 13.7 Å². The lowest BCUT2D eigenvalue weighted by molar-refractivity contribution is -0.132. The number of benzene rings is 2. The van der Waals surface area contributed by atoms with Crippen LogP contribution in [0.2, 0.25) is 0 Å². The van der Waals surface area contributed by atoms with Crippen molar-refractivity contribution in [2.45, 2.75) is 19.4 Å². The highest BCUT2D eigenvalue weighted by Crippen LogP contribution is 2.27. The standard InChI is InChI=1S/C20H20FNO3/c1-14(19-13-15-7-3-5-9-17(15)25-19)22(2)20(23)11-12-24-18-10-6-4-8-16(18)21/h3-10,13-14H,11-12H2,1-2H3. The Morgan fingerprint density at radius 1 is 1.20 bits per heavy atom. The molecule has 2 aromatic carbocycles. The Bertz CT molecular complexity index is 841. The number of carbonyl (C=O) groups is 1. The maximum absolute atomic E-state index is 13.5. The van der Waals surface area contributed by atoms with E-state index in [4.69, 9.17) is 9.15 Å². The lowest BCUT2D eigenvalue weighted by Gasteiger charge is -2.23. The molecule has 0 spiro atoms. The second-order valence-corrected chi connectivity index (χ2v) is 5.90. The Kier molecular flexibility index (Phi) is 5.03. The lowest BCUT2D eigenvalue weighted by atomic mass is 10.2. The Hall–Kier alpha value is -2.82. The summed E-state index contributed by atoms with van der Waals surface area (Å²) in [6.07, 6.45) is 0.162. The Balaban J connectivity index is 1.58. The number of ether oxygens (including phenoxy) is 1. The van der Waals surface area contributed by atoms with Gasteiger partial charge in [0.1, 0.15) is 11.3 Å². The summed E-state index contributed by atoms with van der Waals surface area (Å²) < 4.78 is 24.7. The molecule has 5 heteroatoms. The van der Waals surface area contributed by atoms with Crippen molar-refractivity contribution < 1.29 is 18.3 Å². The van der Waals surface area contributed by atoms with Crippen LogP contribution in [-0.4, -0.2) is 24.5 Å². The highest BCUT2D eigenvalue weighted by molar-refractivity contribution is 5.79. The molecule has 1 amide bonds. The molecule has 0 aliphatic heterocycles. The molecule has 3 rings (SSSR count). The van der Waals surface area contributed by atoms with Crippen molar-refractivity contribution in [1.29, 1.82) is 0 Å². The summed E-state index contributed by atoms with van der Waals surface area (Å²) in [4.78, 5) is 14.0. The molecule has 1 heterocycles. The third-order valence-electron chi connectivity index (χ3n) is 4.24. The van der Waals surface area contributed by atoms with E-state index in [0.717, 1.165) is 16.7 Å². The number of halogens is 1. The topological polar surface area (TPSA) is 42.7 Å². The lowest BCUT2D eigenvalue weighted by Crippen LogP contribution is -2.30. The molecule has 0 aliphatic carbocycles. The van der Waals surface area contributed by atoms with Crippen molar-refractivity contribution in [3.63, 3.8) is 0 Å². The molecule has 0 fully saturated rings. The number of para-hydroxylation sites is 2. The highest BCUT2D eigenvalue weighted by Gasteiger charge is 2.20. The van der Waals surface area contributed by atoms with Crippen molar-refractivity contribution in [3.05, 3.63) is 66.2 Å². The van der Waals surface area contributed by atoms with Crippen molar-refractivity contribution in [1.82, 2.24) is 4.90 Å². The normalized spacial score (nSPS) is 12.1. The van der Waals surface area contributed by atoms with E-state index in [1.807, 2.05) is 37.3 Å². The third-order valence-corrected chi connectivity index (χ3v) is 4.24. The summed E-state index contributed by atoms with van der Waals surface area (Å²) in [6.45, 7) is 2.03. The molecule has 130 valence electrons. The van der Waals surface area contributed by atoms with Crippen LogP contribution in [0.25, 0.3) is 11.0 Å². The van der Waals surface area contributed by atoms with Crippen LogP contribution >= 0.6 is 0 Å². The van der Waals surface area contributed by atoms with Crippen molar-refractivity contribution in [2.24, 2.45) is 0 Å². The Morgan fingerprint density at radius 3 is 2.68 bits per heavy atom. The van der Waals surface area contributed by atoms with Crippen molar-refractivity contribution in [3.8, 4) is 5.75 Å². The van der Waals surface area contributed by atoms with E-state index in [9.17, 15) is 9.18 Å². The second-order valence-electron chi connectivity index (χ2n) is 5.90. The molecule has 4 nitrogen and oxygen atoms in total. The van der Waals surface area contributed by atoms with Gasteiger partial charge in [0, 0.05) is 12.4 Å². The van der Waals surface area contributed by atoms with Gasteiger partial charge < -0.3 is 14.1 Å². The van der Waals surface area contributed by atoms with Gasteiger partial charge in [-0.05, 0) is 31.2 Å². The first-order chi connectivity index (χ1) is 12.1. The number of fused-ring (bicyclic) bond motifs is 1. The summed E-state index contributed by atoms with van der Waals surface area (Å²) >= 11 is 0. The zero-order valence-corrected chi connectivity index (χ0v) is 14.2. The van der Waals surface area contributed by atoms with Gasteiger partial charge in [-0.15, -0.1) is 0 Å². The molecule has 3 aromatic rings. The fourth-order valence-electron chi connectivity index (χ4n) is 2.60. The Morgan fingerprint density at radius 2 is 1.92 bits per heavy atom. The minimum Gasteiger partial charge on any atom is -0.490 e. The van der Waals surface area contributed by atoms with Crippen molar-refractivity contribution >= 4 is 16.9 Å². The van der Waals surface area contributed by atoms with Crippen LogP contribution in [0.1, 0.15) is 25.1 Å². The molecule has 0 radical (unpaired) electrons. The predicted octanol–water partition coefficient (Wildman–Crippen LogP) is 4.56. The van der Waals surface area contributed by atoms with Gasteiger partial charge in [0.15, 0.2) is 11.6 Å². The van der Waals surface area contributed by atoms with Gasteiger partial charge in [-0.3, -0.25) is 4.79 Å². The van der Waals surface area contributed by atoms with Crippen LogP contribution in [0.3, 0.4) is 0 Å². The molecule has 0 saturated carbocycles. The van der Waals surface area contributed by atoms with E-state index >= 15 is 0 Å². The van der Waals surface area contributed by atoms with E-state index in [1.54, 1.807) is 30.1 Å². The van der Waals surface area contributed by atoms with Crippen LogP contribution in [0.5, 0.6) is 5.75 Å². The molecular formula is C20H20FNO3. The first-order valence-electron chi connectivity index (χ1n) is 8.17. The molecule has 0 N–H and O–H groups in total. The van der Waals surface area contributed by atoms with Gasteiger partial charge >= 0.3 is 0 Å². The summed E-state index contributed by atoms with van der Waals surface area (Å²) in [5.41, 5.74) is 0.799. The summed E-state index contributed by atoms with van der Waals surface area (Å²) in [7, 11) is 1.73. The van der Waals surface area contributed by atoms with E-state index in [0.29, 0.717) is 0 Å². The third kappa shape index (κ3) is 3.82. The zero-order valence-electron chi connectivity index (χ0n) is 14.2. The molecule has 25 heavy (non-hydrogen) atoms. The van der Waals surface area contributed by atoms with Crippen LogP contribution in [0, 0.1) is 5.82 Å². The van der Waals surface area contributed by atoms with Gasteiger partial charge in [0.2, 0.25) is 5.91 Å². The van der Waals surface area contributed by atoms with E-state index in [-0.39, 0.29) is 30.7 Å². The average Bonchev–Trinajstić information content (AvgIpc) is 3.06. The van der Waals surface area contributed by atoms with Crippen LogP contribution in [-0.2, 0) is 4.79 Å². The summed E-state index contributed by atoms with van der Waals surface area (Å²) in [6, 6.07) is 15.6. The minimum absolute atomic E-state index is 0.0932. The van der Waals surface area contributed by atoms with Gasteiger partial charge in [-0.25, -0.2) is 4.39 Å². The van der Waals surface area contributed by atoms with Crippen LogP contribution in [0.4, 0.5) is 4.39 Å². The largest absolute Gasteiger partial charge is 0.490 e. The number of nitrogens with zero attached hydrogens (tertiary/aromatic N) is 1. The highest BCUT2D eigenvalue weighted by atomic mass is 19.1. The first kappa shape index (κ1) is 17.0. The van der Waals surface area contributed by atoms with Gasteiger partial charge in [-0.2, -0.15) is 0 Å². The quantitative estimate of drug-likeness (QED) is 0.660. The maximum atomic E-state index is 13.5. The van der Waals surface area contributed by atoms with E-state index in [2.05, 4.69) is 0 Å². The van der Waals surface area contributed by atoms with Crippen LogP contribution < -0.4 is 4.74 Å². The van der Waals surface area contributed by atoms with Crippen LogP contribution in [0.15, 0.2) is 59.0 Å². The van der Waals surface area contributed by atoms with E-state index in [1.165, 1.54) is 6.07 Å². The van der Waals surface area contributed by atoms with Gasteiger partial charge in [-0.1, -0.05) is 30.3 Å². The molecule has 1 aromatic heterocycles. The fraction of sp³-hybridized carbons (Fsp3) is 0.250. The van der Waals surface area contributed by atoms with Gasteiger partial charge in [0.25, 0.3) is 0 Å². The monoisotopic (exact) mass is 341 g/mol. The maximum Gasteiger partial charge on any atom is 0.226 e. The number of furan rings is 1.